The molecule has 0 aliphatic carbocycles. The standard InChI is InChI=1S/C28H28N2O4S2/c1-5-19-8-6-7-9-23(19)30-28-27(36(32,33)21-13-11-20(34-4)12-14-21)24(29)26(35-28)25(31)22-15-10-17(2)16-18(22)3/h6-16,30H,5,29H2,1-4H3. The third kappa shape index (κ3) is 4.74. The van der Waals surface area contributed by atoms with E-state index in [1.807, 2.05) is 57.2 Å². The molecule has 0 radical (unpaired) electrons. The van der Waals surface area contributed by atoms with Crippen LogP contribution in [0.4, 0.5) is 16.4 Å². The fraction of sp³-hybridized carbons (Fsp3) is 0.179. The van der Waals surface area contributed by atoms with Crippen LogP contribution in [0.2, 0.25) is 0 Å². The molecule has 3 N–H and O–H groups in total. The number of carbonyl (C=O) groups excluding carboxylic acids is 1. The van der Waals surface area contributed by atoms with Crippen LogP contribution >= 0.6 is 11.3 Å². The van der Waals surface area contributed by atoms with Gasteiger partial charge in [0.15, 0.2) is 0 Å². The summed E-state index contributed by atoms with van der Waals surface area (Å²) in [6.45, 7) is 5.83. The number of benzene rings is 3. The van der Waals surface area contributed by atoms with E-state index in [0.29, 0.717) is 16.3 Å². The Labute approximate surface area is 215 Å². The Hall–Kier alpha value is -3.62. The lowest BCUT2D eigenvalue weighted by atomic mass is 10.0. The van der Waals surface area contributed by atoms with Crippen molar-refractivity contribution >= 4 is 43.3 Å². The van der Waals surface area contributed by atoms with Gasteiger partial charge >= 0.3 is 0 Å². The Morgan fingerprint density at radius 1 is 1.03 bits per heavy atom. The van der Waals surface area contributed by atoms with Crippen molar-refractivity contribution in [3.8, 4) is 5.75 Å². The molecule has 1 aromatic heterocycles. The molecular formula is C28H28N2O4S2. The number of sulfone groups is 1. The molecule has 186 valence electrons. The molecule has 0 aliphatic rings. The third-order valence-electron chi connectivity index (χ3n) is 6.02. The van der Waals surface area contributed by atoms with Gasteiger partial charge in [0.1, 0.15) is 20.5 Å². The van der Waals surface area contributed by atoms with Gasteiger partial charge in [0, 0.05) is 11.3 Å². The van der Waals surface area contributed by atoms with Gasteiger partial charge in [-0.1, -0.05) is 48.9 Å². The predicted octanol–water partition coefficient (Wildman–Crippen LogP) is 6.33. The van der Waals surface area contributed by atoms with E-state index in [-0.39, 0.29) is 26.1 Å². The summed E-state index contributed by atoms with van der Waals surface area (Å²) in [6.07, 6.45) is 0.749. The second kappa shape index (κ2) is 10.2. The van der Waals surface area contributed by atoms with E-state index in [1.54, 1.807) is 18.2 Å². The summed E-state index contributed by atoms with van der Waals surface area (Å²) >= 11 is 1.06. The van der Waals surface area contributed by atoms with Crippen molar-refractivity contribution < 1.29 is 17.9 Å². The zero-order valence-electron chi connectivity index (χ0n) is 20.6. The molecule has 0 saturated carbocycles. The molecular weight excluding hydrogens is 492 g/mol. The molecule has 1 heterocycles. The summed E-state index contributed by atoms with van der Waals surface area (Å²) in [7, 11) is -2.55. The molecule has 4 aromatic rings. The Balaban J connectivity index is 1.90. The number of hydrogen-bond donors (Lipinski definition) is 2. The number of hydrogen-bond acceptors (Lipinski definition) is 7. The number of para-hydroxylation sites is 1. The molecule has 8 heteroatoms. The SMILES string of the molecule is CCc1ccccc1Nc1sc(C(=O)c2ccc(C)cc2C)c(N)c1S(=O)(=O)c1ccc(OC)cc1. The van der Waals surface area contributed by atoms with Crippen molar-refractivity contribution in [3.63, 3.8) is 0 Å². The van der Waals surface area contributed by atoms with Crippen LogP contribution in [-0.2, 0) is 16.3 Å². The Morgan fingerprint density at radius 2 is 1.72 bits per heavy atom. The zero-order valence-corrected chi connectivity index (χ0v) is 22.2. The molecule has 36 heavy (non-hydrogen) atoms. The first-order chi connectivity index (χ1) is 17.2. The van der Waals surface area contributed by atoms with Crippen LogP contribution in [0, 0.1) is 13.8 Å². The second-order valence-electron chi connectivity index (χ2n) is 8.47. The van der Waals surface area contributed by atoms with Gasteiger partial charge in [-0.15, -0.1) is 11.3 Å². The smallest absolute Gasteiger partial charge is 0.211 e. The first-order valence-electron chi connectivity index (χ1n) is 11.5. The highest BCUT2D eigenvalue weighted by atomic mass is 32.2. The van der Waals surface area contributed by atoms with Gasteiger partial charge in [0.25, 0.3) is 0 Å². The first kappa shape index (κ1) is 25.5. The van der Waals surface area contributed by atoms with Crippen molar-refractivity contribution in [1.29, 1.82) is 0 Å². The van der Waals surface area contributed by atoms with E-state index in [9.17, 15) is 13.2 Å². The summed E-state index contributed by atoms with van der Waals surface area (Å²) in [5.41, 5.74) is 10.5. The molecule has 0 fully saturated rings. The Bertz CT molecular complexity index is 1540. The van der Waals surface area contributed by atoms with Gasteiger partial charge in [-0.3, -0.25) is 4.79 Å². The maximum atomic E-state index is 13.8. The Kier molecular flexibility index (Phi) is 7.19. The molecule has 4 rings (SSSR count). The average molecular weight is 521 g/mol. The van der Waals surface area contributed by atoms with Crippen LogP contribution in [0.25, 0.3) is 0 Å². The predicted molar refractivity (Wildman–Crippen MR) is 146 cm³/mol. The fourth-order valence-corrected chi connectivity index (χ4v) is 7.00. The number of thiophene rings is 1. The number of nitrogens with one attached hydrogen (secondary N) is 1. The van der Waals surface area contributed by atoms with Crippen LogP contribution < -0.4 is 15.8 Å². The van der Waals surface area contributed by atoms with Crippen molar-refractivity contribution in [2.75, 3.05) is 18.2 Å². The third-order valence-corrected chi connectivity index (χ3v) is 9.12. The van der Waals surface area contributed by atoms with Crippen LogP contribution in [0.15, 0.2) is 76.5 Å². The monoisotopic (exact) mass is 520 g/mol. The molecule has 0 unspecified atom stereocenters. The lowest BCUT2D eigenvalue weighted by Gasteiger charge is -2.12. The number of carbonyl (C=O) groups is 1. The number of rotatable bonds is 8. The number of aryl methyl sites for hydroxylation is 3. The summed E-state index contributed by atoms with van der Waals surface area (Å²) < 4.78 is 32.8. The van der Waals surface area contributed by atoms with Gasteiger partial charge in [-0.25, -0.2) is 8.42 Å². The minimum atomic E-state index is -4.06. The van der Waals surface area contributed by atoms with E-state index in [0.717, 1.165) is 40.1 Å². The summed E-state index contributed by atoms with van der Waals surface area (Å²) in [5, 5.41) is 3.57. The zero-order chi connectivity index (χ0) is 26.0. The fourth-order valence-electron chi connectivity index (χ4n) is 4.08. The van der Waals surface area contributed by atoms with E-state index in [1.165, 1.54) is 19.2 Å². The molecule has 3 aromatic carbocycles. The number of ether oxygens (including phenoxy) is 1. The van der Waals surface area contributed by atoms with Gasteiger partial charge < -0.3 is 15.8 Å². The minimum absolute atomic E-state index is 0.0581. The molecule has 6 nitrogen and oxygen atoms in total. The molecule has 0 bridgehead atoms. The number of nitrogen functional groups attached to an aromatic ring is 1. The quantitative estimate of drug-likeness (QED) is 0.264. The molecule has 0 aliphatic heterocycles. The largest absolute Gasteiger partial charge is 0.497 e. The van der Waals surface area contributed by atoms with E-state index >= 15 is 0 Å². The number of nitrogens with two attached hydrogens (primary N) is 1. The van der Waals surface area contributed by atoms with Crippen molar-refractivity contribution in [1.82, 2.24) is 0 Å². The van der Waals surface area contributed by atoms with Gasteiger partial charge in [-0.2, -0.15) is 0 Å². The lowest BCUT2D eigenvalue weighted by Crippen LogP contribution is -2.09. The maximum Gasteiger partial charge on any atom is 0.211 e. The maximum absolute atomic E-state index is 13.8. The molecule has 0 saturated heterocycles. The minimum Gasteiger partial charge on any atom is -0.497 e. The normalized spacial score (nSPS) is 11.3. The average Bonchev–Trinajstić information content (AvgIpc) is 3.20. The first-order valence-corrected chi connectivity index (χ1v) is 13.8. The van der Waals surface area contributed by atoms with Crippen molar-refractivity contribution in [2.45, 2.75) is 37.0 Å². The number of methoxy groups -OCH3 is 1. The Morgan fingerprint density at radius 3 is 2.36 bits per heavy atom. The number of anilines is 3. The van der Waals surface area contributed by atoms with Crippen LogP contribution in [-0.4, -0.2) is 21.3 Å². The van der Waals surface area contributed by atoms with Gasteiger partial charge in [0.05, 0.1) is 17.7 Å². The van der Waals surface area contributed by atoms with Crippen molar-refractivity contribution in [2.24, 2.45) is 0 Å². The molecule has 0 spiro atoms. The number of ketones is 1. The van der Waals surface area contributed by atoms with Crippen molar-refractivity contribution in [3.05, 3.63) is 93.9 Å². The second-order valence-corrected chi connectivity index (χ2v) is 11.4. The van der Waals surface area contributed by atoms with Crippen LogP contribution in [0.3, 0.4) is 0 Å². The summed E-state index contributed by atoms with van der Waals surface area (Å²) in [6, 6.07) is 19.3. The van der Waals surface area contributed by atoms with E-state index in [2.05, 4.69) is 5.32 Å². The van der Waals surface area contributed by atoms with E-state index < -0.39 is 9.84 Å². The van der Waals surface area contributed by atoms with Gasteiger partial charge in [-0.05, 0) is 61.7 Å². The topological polar surface area (TPSA) is 98.5 Å². The van der Waals surface area contributed by atoms with Crippen LogP contribution in [0.5, 0.6) is 5.75 Å². The molecule has 0 atom stereocenters. The van der Waals surface area contributed by atoms with Gasteiger partial charge in [0.2, 0.25) is 15.6 Å². The van der Waals surface area contributed by atoms with E-state index in [4.69, 9.17) is 10.5 Å². The summed E-state index contributed by atoms with van der Waals surface area (Å²) in [4.78, 5) is 13.7. The highest BCUT2D eigenvalue weighted by Gasteiger charge is 2.32. The molecule has 0 amide bonds. The summed E-state index contributed by atoms with van der Waals surface area (Å²) in [5.74, 6) is 0.228. The lowest BCUT2D eigenvalue weighted by molar-refractivity contribution is 0.104. The highest BCUT2D eigenvalue weighted by molar-refractivity contribution is 7.92. The van der Waals surface area contributed by atoms with Crippen LogP contribution in [0.1, 0.15) is 38.8 Å². The highest BCUT2D eigenvalue weighted by Crippen LogP contribution is 2.44.